The number of carbonyl (C=O) groups excluding carboxylic acids is 1. The van der Waals surface area contributed by atoms with Crippen molar-refractivity contribution in [3.8, 4) is 0 Å². The molecule has 17 nitrogen and oxygen atoms in total. The van der Waals surface area contributed by atoms with Gasteiger partial charge in [0.05, 0.1) is 31.3 Å². The van der Waals surface area contributed by atoms with Crippen LogP contribution in [0, 0.1) is 50.2 Å². The SMILES string of the molecule is CC1(C)CC[C@]2(C(=O)O[C@@H]3O[C@H](CO[C@@H]4O[C@H](CO)[C@@H](O)[C@@H](O)[C@H]4O)[C@@H](O)[C@@H](O)[C@H]3O)CCC3(C)C(=CCC4[C@@]5(C)CC[C@H](O)[C@@](C)(COS(=O)(=O)[O-])C5CC[C@]43C)[C@@H]2C1.[Na+]. The Morgan fingerprint density at radius 3 is 2.03 bits per heavy atom. The van der Waals surface area contributed by atoms with E-state index in [9.17, 15) is 58.6 Å². The number of hydrogen-bond donors (Lipinski definition) is 8. The van der Waals surface area contributed by atoms with Crippen LogP contribution in [0.4, 0.5) is 0 Å². The largest absolute Gasteiger partial charge is 1.00 e. The summed E-state index contributed by atoms with van der Waals surface area (Å²) >= 11 is 0. The fourth-order valence-electron chi connectivity index (χ4n) is 13.6. The van der Waals surface area contributed by atoms with Gasteiger partial charge >= 0.3 is 35.5 Å². The average Bonchev–Trinajstić information content (AvgIpc) is 3.18. The summed E-state index contributed by atoms with van der Waals surface area (Å²) in [6, 6.07) is 0. The van der Waals surface area contributed by atoms with E-state index in [-0.39, 0.29) is 75.6 Å². The predicted molar refractivity (Wildman–Crippen MR) is 208 cm³/mol. The summed E-state index contributed by atoms with van der Waals surface area (Å²) in [4.78, 5) is 14.8. The third kappa shape index (κ3) is 8.29. The molecular weight excluding hydrogens is 832 g/mol. The van der Waals surface area contributed by atoms with Gasteiger partial charge in [-0.05, 0) is 104 Å². The minimum atomic E-state index is -4.97. The maximum Gasteiger partial charge on any atom is 1.00 e. The van der Waals surface area contributed by atoms with Gasteiger partial charge in [-0.15, -0.1) is 0 Å². The molecule has 344 valence electrons. The van der Waals surface area contributed by atoms with E-state index >= 15 is 0 Å². The van der Waals surface area contributed by atoms with Gasteiger partial charge in [-0.25, -0.2) is 8.42 Å². The average molecular weight is 899 g/mol. The maximum absolute atomic E-state index is 14.8. The molecule has 8 N–H and O–H groups in total. The van der Waals surface area contributed by atoms with Crippen LogP contribution in [0.2, 0.25) is 0 Å². The van der Waals surface area contributed by atoms with Crippen LogP contribution in [0.3, 0.4) is 0 Å². The first kappa shape index (κ1) is 50.1. The van der Waals surface area contributed by atoms with Crippen molar-refractivity contribution >= 4 is 16.4 Å². The minimum Gasteiger partial charge on any atom is -0.726 e. The van der Waals surface area contributed by atoms with Gasteiger partial charge in [0, 0.05) is 5.41 Å². The molecule has 7 rings (SSSR count). The third-order valence-corrected chi connectivity index (χ3v) is 17.9. The standard InChI is InChI=1S/C42H68O17S.Na/c1-37(2)13-15-42(36(51)59-35-33(50)31(48)29(46)24(58-35)19-55-34-32(49)30(47)28(45)23(18-43)57-34)16-14-40(5)21(22(42)17-37)7-8-26-38(3)11-10-27(44)39(4,20-56-60(52,53)54)25(38)9-12-41(26,40)6;/h7,22-35,43-50H,8-20H2,1-6H3,(H,52,53,54);/q;+1/p-1/t22-,23+,24+,25?,26?,27-,28+,29+,30+,31+,32+,33+,34+,35-,38-,39-,40?,41+,42-;/m0./s1. The molecule has 19 heteroatoms. The summed E-state index contributed by atoms with van der Waals surface area (Å²) < 4.78 is 62.6. The quantitative estimate of drug-likeness (QED) is 0.0400. The Labute approximate surface area is 380 Å². The predicted octanol–water partition coefficient (Wildman–Crippen LogP) is -2.22. The van der Waals surface area contributed by atoms with Crippen molar-refractivity contribution in [2.45, 2.75) is 173 Å². The second-order valence-electron chi connectivity index (χ2n) is 21.1. The van der Waals surface area contributed by atoms with E-state index < -0.39 is 108 Å². The molecule has 61 heavy (non-hydrogen) atoms. The molecule has 2 saturated heterocycles. The van der Waals surface area contributed by atoms with Gasteiger partial charge in [-0.1, -0.05) is 53.2 Å². The van der Waals surface area contributed by atoms with Crippen LogP contribution in [-0.4, -0.2) is 147 Å². The zero-order valence-corrected chi connectivity index (χ0v) is 39.3. The number of aliphatic hydroxyl groups excluding tert-OH is 8. The zero-order chi connectivity index (χ0) is 44.2. The molecule has 3 unspecified atom stereocenters. The Kier molecular flexibility index (Phi) is 14.3. The second-order valence-corrected chi connectivity index (χ2v) is 22.1. The molecule has 5 aliphatic carbocycles. The van der Waals surface area contributed by atoms with Crippen LogP contribution in [0.5, 0.6) is 0 Å². The van der Waals surface area contributed by atoms with Crippen molar-refractivity contribution < 1.29 is 111 Å². The molecule has 2 aliphatic heterocycles. The van der Waals surface area contributed by atoms with Crippen LogP contribution >= 0.6 is 0 Å². The van der Waals surface area contributed by atoms with Crippen LogP contribution < -0.4 is 29.6 Å². The van der Waals surface area contributed by atoms with Crippen LogP contribution in [-0.2, 0) is 38.3 Å². The van der Waals surface area contributed by atoms with Crippen molar-refractivity contribution in [2.24, 2.45) is 50.2 Å². The summed E-state index contributed by atoms with van der Waals surface area (Å²) in [7, 11) is -4.97. The molecule has 0 aromatic rings. The molecule has 6 fully saturated rings. The Morgan fingerprint density at radius 2 is 1.39 bits per heavy atom. The van der Waals surface area contributed by atoms with Crippen molar-refractivity contribution in [1.29, 1.82) is 0 Å². The van der Waals surface area contributed by atoms with Gasteiger partial charge in [-0.2, -0.15) is 0 Å². The number of fused-ring (bicyclic) bond motifs is 7. The van der Waals surface area contributed by atoms with Crippen molar-refractivity contribution in [3.63, 3.8) is 0 Å². The fraction of sp³-hybridized carbons (Fsp3) is 0.929. The Morgan fingerprint density at radius 1 is 0.787 bits per heavy atom. The van der Waals surface area contributed by atoms with E-state index in [1.165, 1.54) is 5.57 Å². The van der Waals surface area contributed by atoms with E-state index in [0.29, 0.717) is 44.9 Å². The molecule has 0 aromatic heterocycles. The topological polar surface area (TPSA) is 282 Å². The van der Waals surface area contributed by atoms with Crippen LogP contribution in [0.25, 0.3) is 0 Å². The molecule has 19 atom stereocenters. The number of aliphatic hydroxyl groups is 8. The summed E-state index contributed by atoms with van der Waals surface area (Å²) in [5.41, 5.74) is -1.77. The van der Waals surface area contributed by atoms with Gasteiger partial charge in [0.25, 0.3) is 0 Å². The number of rotatable bonds is 9. The molecular formula is C42H67NaO17S. The molecule has 0 bridgehead atoms. The van der Waals surface area contributed by atoms with E-state index in [2.05, 4.69) is 40.7 Å². The first-order valence-corrected chi connectivity index (χ1v) is 22.9. The fourth-order valence-corrected chi connectivity index (χ4v) is 14.0. The smallest absolute Gasteiger partial charge is 0.726 e. The van der Waals surface area contributed by atoms with Gasteiger partial charge in [0.1, 0.15) is 48.8 Å². The van der Waals surface area contributed by atoms with E-state index in [1.807, 2.05) is 6.92 Å². The second kappa shape index (κ2) is 17.4. The number of hydrogen-bond acceptors (Lipinski definition) is 17. The summed E-state index contributed by atoms with van der Waals surface area (Å²) in [6.45, 7) is 11.5. The molecule has 7 aliphatic rings. The molecule has 4 saturated carbocycles. The maximum atomic E-state index is 14.8. The van der Waals surface area contributed by atoms with Gasteiger partial charge in [0.15, 0.2) is 6.29 Å². The Balaban J connectivity index is 0.00000622. The number of allylic oxidation sites excluding steroid dienone is 2. The number of esters is 1. The van der Waals surface area contributed by atoms with Crippen LogP contribution in [0.15, 0.2) is 11.6 Å². The van der Waals surface area contributed by atoms with Crippen molar-refractivity contribution in [2.75, 3.05) is 19.8 Å². The number of carbonyl (C=O) groups is 1. The zero-order valence-electron chi connectivity index (χ0n) is 36.5. The minimum absolute atomic E-state index is 0. The Hall–Kier alpha value is -0.360. The summed E-state index contributed by atoms with van der Waals surface area (Å²) in [6.07, 6.45) is -8.44. The molecule has 0 amide bonds. The normalized spacial score (nSPS) is 50.7. The van der Waals surface area contributed by atoms with Crippen molar-refractivity contribution in [3.05, 3.63) is 11.6 Å². The van der Waals surface area contributed by atoms with Crippen molar-refractivity contribution in [1.82, 2.24) is 0 Å². The Bertz CT molecular complexity index is 1770. The first-order chi connectivity index (χ1) is 27.8. The third-order valence-electron chi connectivity index (χ3n) is 17.5. The summed E-state index contributed by atoms with van der Waals surface area (Å²) in [5.74, 6) is -0.780. The van der Waals surface area contributed by atoms with E-state index in [0.717, 1.165) is 19.3 Å². The van der Waals surface area contributed by atoms with Gasteiger partial charge in [0.2, 0.25) is 16.7 Å². The van der Waals surface area contributed by atoms with Gasteiger partial charge in [-0.3, -0.25) is 8.98 Å². The monoisotopic (exact) mass is 898 g/mol. The first-order valence-electron chi connectivity index (χ1n) is 21.6. The summed E-state index contributed by atoms with van der Waals surface area (Å²) in [5, 5.41) is 84.5. The molecule has 0 radical (unpaired) electrons. The molecule has 2 heterocycles. The van der Waals surface area contributed by atoms with E-state index in [1.54, 1.807) is 0 Å². The van der Waals surface area contributed by atoms with E-state index in [4.69, 9.17) is 23.1 Å². The molecule has 0 aromatic carbocycles. The molecule has 0 spiro atoms. The number of ether oxygens (including phenoxy) is 4. The van der Waals surface area contributed by atoms with Crippen LogP contribution in [0.1, 0.15) is 106 Å². The van der Waals surface area contributed by atoms with Gasteiger partial charge < -0.3 is 64.4 Å².